The van der Waals surface area contributed by atoms with Gasteiger partial charge in [0, 0.05) is 24.2 Å². The second-order valence-corrected chi connectivity index (χ2v) is 23.5. The summed E-state index contributed by atoms with van der Waals surface area (Å²) in [5.41, 5.74) is 4.77. The van der Waals surface area contributed by atoms with Crippen molar-refractivity contribution >= 4 is 46.7 Å². The Morgan fingerprint density at radius 3 is 2.04 bits per heavy atom. The number of fused-ring (bicyclic) bond motifs is 4. The fourth-order valence-electron chi connectivity index (χ4n) is 11.2. The lowest BCUT2D eigenvalue weighted by Crippen LogP contribution is -2.51. The highest BCUT2D eigenvalue weighted by molar-refractivity contribution is 6.91. The van der Waals surface area contributed by atoms with Crippen LogP contribution in [0.25, 0.3) is 33.2 Å². The molecule has 1 fully saturated rings. The molecule has 2 aliphatic heterocycles. The van der Waals surface area contributed by atoms with Gasteiger partial charge in [-0.3, -0.25) is 29.3 Å². The van der Waals surface area contributed by atoms with Gasteiger partial charge in [0.25, 0.3) is 17.0 Å². The minimum atomic E-state index is -2.54. The molecule has 0 saturated carbocycles. The van der Waals surface area contributed by atoms with E-state index in [1.54, 1.807) is 23.9 Å². The standard InChI is InChI=1S/C54H52N8O6Si/c1-34-50(69(3,4)40-25-23-39(67-2)24-26-40)49(28-29-59-32-47(55-58-59)43(33-63)36-12-6-5-7-13-36)68-54(34)44-30-38(62-52(65)42-15-9-11-17-46(42)57-62)22-27-48(44)60(53(54)66)31-35-18-20-37(21-19-35)61-51(64)41-14-8-10-16-45(41)56-61/h5-27,30,32,34,43,49-50,56-57,63H,28-29,31,33H2,1-4H3/t34-,43?,49+,50-,54+/m1/s1. The third-order valence-corrected chi connectivity index (χ3v) is 19.1. The van der Waals surface area contributed by atoms with Crippen molar-refractivity contribution in [2.45, 2.75) is 62.7 Å². The zero-order chi connectivity index (χ0) is 47.6. The highest BCUT2D eigenvalue weighted by Crippen LogP contribution is 2.60. The summed E-state index contributed by atoms with van der Waals surface area (Å²) in [6, 6.07) is 46.3. The summed E-state index contributed by atoms with van der Waals surface area (Å²) in [6.07, 6.45) is 2.02. The Morgan fingerprint density at radius 2 is 1.41 bits per heavy atom. The number of aliphatic hydroxyl groups excluding tert-OH is 1. The number of aryl methyl sites for hydroxylation is 1. The van der Waals surface area contributed by atoms with Gasteiger partial charge in [-0.05, 0) is 89.8 Å². The minimum Gasteiger partial charge on any atom is -0.497 e. The second kappa shape index (κ2) is 17.2. The molecule has 69 heavy (non-hydrogen) atoms. The Labute approximate surface area is 398 Å². The molecule has 5 atom stereocenters. The molecule has 5 heterocycles. The quantitative estimate of drug-likeness (QED) is 0.0999. The molecule has 2 aliphatic rings. The molecule has 3 N–H and O–H groups in total. The van der Waals surface area contributed by atoms with Crippen molar-refractivity contribution in [1.29, 1.82) is 0 Å². The van der Waals surface area contributed by atoms with Gasteiger partial charge >= 0.3 is 0 Å². The Bertz CT molecular complexity index is 3490. The van der Waals surface area contributed by atoms with E-state index in [0.29, 0.717) is 57.6 Å². The summed E-state index contributed by atoms with van der Waals surface area (Å²) >= 11 is 0. The number of nitrogens with zero attached hydrogens (tertiary/aromatic N) is 6. The van der Waals surface area contributed by atoms with E-state index in [2.05, 4.69) is 52.7 Å². The maximum Gasteiger partial charge on any atom is 0.279 e. The molecule has 14 nitrogen and oxygen atoms in total. The van der Waals surface area contributed by atoms with Crippen molar-refractivity contribution in [3.63, 3.8) is 0 Å². The van der Waals surface area contributed by atoms with E-state index in [1.807, 2.05) is 137 Å². The SMILES string of the molecule is COc1ccc([Si](C)(C)[C@H]2[C@H](CCn3cc(C(CO)c4ccccc4)nn3)O[C@@]3(C(=O)N(Cc4ccc(-n5[nH]c6ccccc6c5=O)cc4)c4ccc(-n5[nH]c6ccccc6c5=O)cc43)[C@@H]2C)cc1. The number of methoxy groups -OCH3 is 1. The molecule has 0 aliphatic carbocycles. The fraction of sp³-hybridized carbons (Fsp3) is 0.241. The molecule has 1 spiro atoms. The lowest BCUT2D eigenvalue weighted by molar-refractivity contribution is -0.146. The third kappa shape index (κ3) is 7.27. The normalized spacial score (nSPS) is 19.5. The maximum absolute atomic E-state index is 15.9. The lowest BCUT2D eigenvalue weighted by atomic mass is 9.82. The number of H-pyrrole nitrogens is 2. The monoisotopic (exact) mass is 936 g/mol. The van der Waals surface area contributed by atoms with Gasteiger partial charge in [0.15, 0.2) is 5.60 Å². The Hall–Kier alpha value is -7.59. The van der Waals surface area contributed by atoms with Crippen molar-refractivity contribution in [2.24, 2.45) is 5.92 Å². The van der Waals surface area contributed by atoms with Crippen molar-refractivity contribution in [3.05, 3.63) is 195 Å². The average Bonchev–Trinajstić information content (AvgIpc) is 4.19. The van der Waals surface area contributed by atoms with Gasteiger partial charge in [-0.15, -0.1) is 5.10 Å². The number of rotatable bonds is 13. The van der Waals surface area contributed by atoms with Gasteiger partial charge < -0.3 is 19.5 Å². The number of carbonyl (C=O) groups is 1. The van der Waals surface area contributed by atoms with E-state index in [-0.39, 0.29) is 47.6 Å². The topological polar surface area (TPSA) is 165 Å². The van der Waals surface area contributed by atoms with Crippen LogP contribution in [0.3, 0.4) is 0 Å². The number of aromatic nitrogens is 7. The molecule has 1 saturated heterocycles. The summed E-state index contributed by atoms with van der Waals surface area (Å²) in [7, 11) is -0.874. The van der Waals surface area contributed by atoms with Gasteiger partial charge in [0.2, 0.25) is 0 Å². The number of anilines is 1. The van der Waals surface area contributed by atoms with Crippen molar-refractivity contribution < 1.29 is 19.4 Å². The first kappa shape index (κ1) is 43.9. The summed E-state index contributed by atoms with van der Waals surface area (Å²) in [5, 5.41) is 28.4. The Kier molecular flexibility index (Phi) is 10.9. The minimum absolute atomic E-state index is 0.0755. The molecule has 1 unspecified atom stereocenters. The number of amides is 1. The molecule has 11 rings (SSSR count). The number of nitrogens with one attached hydrogen (secondary N) is 2. The number of benzene rings is 6. The fourth-order valence-corrected chi connectivity index (χ4v) is 15.2. The summed E-state index contributed by atoms with van der Waals surface area (Å²) in [4.78, 5) is 45.0. The highest BCUT2D eigenvalue weighted by Gasteiger charge is 2.66. The van der Waals surface area contributed by atoms with E-state index >= 15 is 4.79 Å². The summed E-state index contributed by atoms with van der Waals surface area (Å²) in [5.74, 6) is -0.0597. The van der Waals surface area contributed by atoms with E-state index in [4.69, 9.17) is 9.47 Å². The van der Waals surface area contributed by atoms with Crippen LogP contribution < -0.4 is 25.9 Å². The van der Waals surface area contributed by atoms with Crippen LogP contribution in [0.1, 0.15) is 41.6 Å². The highest BCUT2D eigenvalue weighted by atomic mass is 28.3. The van der Waals surface area contributed by atoms with Gasteiger partial charge in [-0.1, -0.05) is 109 Å². The predicted octanol–water partition coefficient (Wildman–Crippen LogP) is 7.53. The Morgan fingerprint density at radius 1 is 0.783 bits per heavy atom. The molecule has 1 amide bonds. The molecule has 6 aromatic carbocycles. The zero-order valence-corrected chi connectivity index (χ0v) is 39.7. The molecule has 0 radical (unpaired) electrons. The molecule has 3 aromatic heterocycles. The van der Waals surface area contributed by atoms with E-state index < -0.39 is 19.8 Å². The lowest BCUT2D eigenvalue weighted by Gasteiger charge is -2.37. The number of hydrogen-bond acceptors (Lipinski definition) is 8. The maximum atomic E-state index is 15.9. The van der Waals surface area contributed by atoms with Crippen molar-refractivity contribution in [1.82, 2.24) is 34.6 Å². The van der Waals surface area contributed by atoms with Crippen molar-refractivity contribution in [3.8, 4) is 17.1 Å². The van der Waals surface area contributed by atoms with Crippen molar-refractivity contribution in [2.75, 3.05) is 18.6 Å². The first-order valence-corrected chi connectivity index (χ1v) is 26.4. The average molecular weight is 937 g/mol. The number of aromatic amines is 2. The summed E-state index contributed by atoms with van der Waals surface area (Å²) < 4.78 is 18.0. The van der Waals surface area contributed by atoms with Crippen LogP contribution in [-0.2, 0) is 28.2 Å². The van der Waals surface area contributed by atoms with Gasteiger partial charge in [-0.25, -0.2) is 9.36 Å². The van der Waals surface area contributed by atoms with Gasteiger partial charge in [0.05, 0.1) is 84.9 Å². The third-order valence-electron chi connectivity index (χ3n) is 14.7. The molecular formula is C54H52N8O6Si. The smallest absolute Gasteiger partial charge is 0.279 e. The zero-order valence-electron chi connectivity index (χ0n) is 38.7. The number of hydrogen-bond donors (Lipinski definition) is 3. The van der Waals surface area contributed by atoms with E-state index in [9.17, 15) is 14.7 Å². The largest absolute Gasteiger partial charge is 0.497 e. The number of aliphatic hydroxyl groups is 1. The second-order valence-electron chi connectivity index (χ2n) is 18.9. The van der Waals surface area contributed by atoms with Crippen LogP contribution in [0.5, 0.6) is 5.75 Å². The van der Waals surface area contributed by atoms with E-state index in [1.165, 1.54) is 9.87 Å². The van der Waals surface area contributed by atoms with Gasteiger partial charge in [-0.2, -0.15) is 0 Å². The van der Waals surface area contributed by atoms with Crippen LogP contribution in [0, 0.1) is 5.92 Å². The number of para-hydroxylation sites is 2. The summed E-state index contributed by atoms with van der Waals surface area (Å²) in [6.45, 7) is 7.44. The number of carbonyl (C=O) groups excluding carboxylic acids is 1. The predicted molar refractivity (Wildman–Crippen MR) is 269 cm³/mol. The first-order chi connectivity index (χ1) is 33.5. The van der Waals surface area contributed by atoms with Crippen LogP contribution in [0.15, 0.2) is 161 Å². The molecule has 9 aromatic rings. The molecule has 15 heteroatoms. The van der Waals surface area contributed by atoms with Gasteiger partial charge in [0.1, 0.15) is 5.75 Å². The Balaban J connectivity index is 0.996. The van der Waals surface area contributed by atoms with Crippen LogP contribution in [0.4, 0.5) is 5.69 Å². The molecule has 0 bridgehead atoms. The number of ether oxygens (including phenoxy) is 2. The van der Waals surface area contributed by atoms with Crippen LogP contribution >= 0.6 is 0 Å². The van der Waals surface area contributed by atoms with E-state index in [0.717, 1.165) is 22.4 Å². The first-order valence-electron chi connectivity index (χ1n) is 23.3. The van der Waals surface area contributed by atoms with Crippen LogP contribution in [-0.4, -0.2) is 73.5 Å². The molecular weight excluding hydrogens is 885 g/mol. The van der Waals surface area contributed by atoms with Crippen LogP contribution in [0.2, 0.25) is 18.6 Å². The molecule has 348 valence electrons.